The minimum absolute atomic E-state index is 0.109. The molecule has 0 N–H and O–H groups in total. The molecule has 3 heteroatoms. The molecule has 2 aliphatic heterocycles. The third-order valence-electron chi connectivity index (χ3n) is 1.62. The van der Waals surface area contributed by atoms with Gasteiger partial charge in [-0.15, -0.1) is 11.8 Å². The Labute approximate surface area is 63.6 Å². The molecule has 0 spiro atoms. The van der Waals surface area contributed by atoms with E-state index in [2.05, 4.69) is 0 Å². The highest BCUT2D eigenvalue weighted by molar-refractivity contribution is 8.02. The van der Waals surface area contributed by atoms with Crippen molar-refractivity contribution in [3.63, 3.8) is 0 Å². The van der Waals surface area contributed by atoms with Gasteiger partial charge in [-0.2, -0.15) is 0 Å². The van der Waals surface area contributed by atoms with Crippen molar-refractivity contribution >= 4 is 17.7 Å². The van der Waals surface area contributed by atoms with E-state index in [4.69, 9.17) is 0 Å². The molecule has 0 aromatic rings. The second kappa shape index (κ2) is 2.16. The molecule has 2 aliphatic rings. The second-order valence-corrected chi connectivity index (χ2v) is 3.35. The quantitative estimate of drug-likeness (QED) is 0.523. The summed E-state index contributed by atoms with van der Waals surface area (Å²) < 4.78 is 0. The molecule has 0 bridgehead atoms. The fourth-order valence-corrected chi connectivity index (χ4v) is 2.02. The number of fused-ring (bicyclic) bond motifs is 1. The predicted molar refractivity (Wildman–Crippen MR) is 41.1 cm³/mol. The van der Waals surface area contributed by atoms with Crippen LogP contribution in [0, 0.1) is 0 Å². The van der Waals surface area contributed by atoms with E-state index >= 15 is 0 Å². The van der Waals surface area contributed by atoms with E-state index in [1.165, 1.54) is 0 Å². The Morgan fingerprint density at radius 3 is 3.40 bits per heavy atom. The van der Waals surface area contributed by atoms with Crippen LogP contribution in [0.4, 0.5) is 0 Å². The van der Waals surface area contributed by atoms with E-state index < -0.39 is 0 Å². The highest BCUT2D eigenvalue weighted by Crippen LogP contribution is 2.30. The molecule has 2 heterocycles. The smallest absolute Gasteiger partial charge is 0.251 e. The van der Waals surface area contributed by atoms with Crippen molar-refractivity contribution in [2.75, 3.05) is 0 Å². The van der Waals surface area contributed by atoms with Crippen LogP contribution in [0.5, 0.6) is 0 Å². The summed E-state index contributed by atoms with van der Waals surface area (Å²) in [6, 6.07) is 0. The first-order chi connectivity index (χ1) is 4.88. The van der Waals surface area contributed by atoms with Crippen LogP contribution in [0.2, 0.25) is 0 Å². The topological polar surface area (TPSA) is 20.3 Å². The monoisotopic (exact) mass is 153 g/mol. The van der Waals surface area contributed by atoms with Gasteiger partial charge in [0.2, 0.25) is 0 Å². The Hall–Kier alpha value is -0.700. The van der Waals surface area contributed by atoms with Crippen LogP contribution in [0.1, 0.15) is 6.42 Å². The SMILES string of the molecule is O=C1C=CCC2SC=CN12. The Kier molecular flexibility index (Phi) is 1.31. The van der Waals surface area contributed by atoms with Crippen LogP contribution in [-0.4, -0.2) is 16.2 Å². The number of thioether (sulfide) groups is 1. The molecule has 0 saturated carbocycles. The Balaban J connectivity index is 2.27. The van der Waals surface area contributed by atoms with E-state index in [9.17, 15) is 4.79 Å². The molecular formula is C7H7NOS. The summed E-state index contributed by atoms with van der Waals surface area (Å²) in [4.78, 5) is 12.8. The highest BCUT2D eigenvalue weighted by Gasteiger charge is 2.25. The van der Waals surface area contributed by atoms with Crippen LogP contribution in [0.25, 0.3) is 0 Å². The van der Waals surface area contributed by atoms with Crippen LogP contribution in [0.3, 0.4) is 0 Å². The van der Waals surface area contributed by atoms with Gasteiger partial charge in [0.15, 0.2) is 0 Å². The molecule has 1 amide bonds. The lowest BCUT2D eigenvalue weighted by atomic mass is 10.2. The molecule has 2 rings (SSSR count). The number of rotatable bonds is 0. The van der Waals surface area contributed by atoms with Crippen molar-refractivity contribution in [3.05, 3.63) is 23.8 Å². The van der Waals surface area contributed by atoms with Gasteiger partial charge in [0.05, 0.1) is 5.37 Å². The number of amides is 1. The Morgan fingerprint density at radius 1 is 1.70 bits per heavy atom. The first-order valence-electron chi connectivity index (χ1n) is 3.19. The first kappa shape index (κ1) is 6.04. The summed E-state index contributed by atoms with van der Waals surface area (Å²) in [6.45, 7) is 0. The molecule has 1 atom stereocenters. The second-order valence-electron chi connectivity index (χ2n) is 2.26. The molecule has 0 aromatic carbocycles. The fourth-order valence-electron chi connectivity index (χ4n) is 1.11. The van der Waals surface area contributed by atoms with Gasteiger partial charge in [-0.3, -0.25) is 4.79 Å². The van der Waals surface area contributed by atoms with E-state index in [1.54, 1.807) is 22.7 Å². The molecule has 10 heavy (non-hydrogen) atoms. The lowest BCUT2D eigenvalue weighted by molar-refractivity contribution is -0.124. The van der Waals surface area contributed by atoms with Crippen molar-refractivity contribution in [3.8, 4) is 0 Å². The van der Waals surface area contributed by atoms with Gasteiger partial charge in [0, 0.05) is 6.20 Å². The standard InChI is InChI=1S/C7H7NOS/c9-6-2-1-3-7-8(6)4-5-10-7/h1-2,4-5,7H,3H2. The Bertz CT molecular complexity index is 222. The predicted octanol–water partition coefficient (Wildman–Crippen LogP) is 1.32. The third-order valence-corrected chi connectivity index (χ3v) is 2.63. The molecule has 2 nitrogen and oxygen atoms in total. The van der Waals surface area contributed by atoms with Gasteiger partial charge < -0.3 is 4.90 Å². The van der Waals surface area contributed by atoms with E-state index in [0.29, 0.717) is 5.37 Å². The maximum Gasteiger partial charge on any atom is 0.251 e. The molecule has 0 saturated heterocycles. The van der Waals surface area contributed by atoms with Crippen LogP contribution >= 0.6 is 11.8 Å². The molecule has 52 valence electrons. The van der Waals surface area contributed by atoms with Crippen LogP contribution < -0.4 is 0 Å². The van der Waals surface area contributed by atoms with Gasteiger partial charge in [0.25, 0.3) is 5.91 Å². The lowest BCUT2D eigenvalue weighted by Crippen LogP contribution is -2.32. The fraction of sp³-hybridized carbons (Fsp3) is 0.286. The van der Waals surface area contributed by atoms with E-state index in [0.717, 1.165) is 6.42 Å². The van der Waals surface area contributed by atoms with Gasteiger partial charge in [-0.1, -0.05) is 6.08 Å². The number of carbonyl (C=O) groups excluding carboxylic acids is 1. The van der Waals surface area contributed by atoms with Gasteiger partial charge in [-0.25, -0.2) is 0 Å². The molecular weight excluding hydrogens is 146 g/mol. The normalized spacial score (nSPS) is 29.4. The summed E-state index contributed by atoms with van der Waals surface area (Å²) >= 11 is 1.70. The number of hydrogen-bond acceptors (Lipinski definition) is 2. The minimum Gasteiger partial charge on any atom is -0.302 e. The average Bonchev–Trinajstić information content (AvgIpc) is 2.36. The summed E-state index contributed by atoms with van der Waals surface area (Å²) in [5.41, 5.74) is 0. The number of hydrogen-bond donors (Lipinski definition) is 0. The molecule has 0 aliphatic carbocycles. The highest BCUT2D eigenvalue weighted by atomic mass is 32.2. The Morgan fingerprint density at radius 2 is 2.60 bits per heavy atom. The zero-order valence-corrected chi connectivity index (χ0v) is 6.17. The van der Waals surface area contributed by atoms with Gasteiger partial charge >= 0.3 is 0 Å². The zero-order chi connectivity index (χ0) is 6.97. The van der Waals surface area contributed by atoms with E-state index in [1.807, 2.05) is 17.7 Å². The summed E-state index contributed by atoms with van der Waals surface area (Å²) in [7, 11) is 0. The molecule has 0 fully saturated rings. The largest absolute Gasteiger partial charge is 0.302 e. The molecule has 1 unspecified atom stereocenters. The number of carbonyl (C=O) groups is 1. The summed E-state index contributed by atoms with van der Waals surface area (Å²) in [6.07, 6.45) is 6.39. The summed E-state index contributed by atoms with van der Waals surface area (Å²) in [5, 5.41) is 2.31. The third kappa shape index (κ3) is 0.778. The van der Waals surface area contributed by atoms with Gasteiger partial charge in [0.1, 0.15) is 0 Å². The van der Waals surface area contributed by atoms with Crippen molar-refractivity contribution in [1.29, 1.82) is 0 Å². The molecule has 0 aromatic heterocycles. The minimum atomic E-state index is 0.109. The average molecular weight is 153 g/mol. The maximum absolute atomic E-state index is 11.1. The maximum atomic E-state index is 11.1. The summed E-state index contributed by atoms with van der Waals surface area (Å²) in [5.74, 6) is 0.109. The molecule has 0 radical (unpaired) electrons. The van der Waals surface area contributed by atoms with Crippen molar-refractivity contribution in [1.82, 2.24) is 4.90 Å². The number of nitrogens with zero attached hydrogens (tertiary/aromatic N) is 1. The van der Waals surface area contributed by atoms with E-state index in [-0.39, 0.29) is 5.91 Å². The first-order valence-corrected chi connectivity index (χ1v) is 4.13. The van der Waals surface area contributed by atoms with Crippen molar-refractivity contribution < 1.29 is 4.79 Å². The van der Waals surface area contributed by atoms with Crippen LogP contribution in [-0.2, 0) is 4.79 Å². The van der Waals surface area contributed by atoms with Crippen molar-refractivity contribution in [2.24, 2.45) is 0 Å². The zero-order valence-electron chi connectivity index (χ0n) is 5.36. The van der Waals surface area contributed by atoms with Gasteiger partial charge in [-0.05, 0) is 17.9 Å². The van der Waals surface area contributed by atoms with Crippen LogP contribution in [0.15, 0.2) is 23.8 Å². The van der Waals surface area contributed by atoms with Crippen molar-refractivity contribution in [2.45, 2.75) is 11.8 Å². The lowest BCUT2D eigenvalue weighted by Gasteiger charge is -2.23.